The molecule has 2 rings (SSSR count). The molecule has 0 aliphatic carbocycles. The lowest BCUT2D eigenvalue weighted by atomic mass is 10.4. The monoisotopic (exact) mass is 336 g/mol. The van der Waals surface area contributed by atoms with Crippen LogP contribution in [0.4, 0.5) is 0 Å². The Morgan fingerprint density at radius 2 is 2.40 bits per heavy atom. The molecule has 0 spiro atoms. The number of aromatic nitrogens is 1. The molecule has 1 atom stereocenters. The van der Waals surface area contributed by atoms with E-state index in [4.69, 9.17) is 5.84 Å². The molecule has 3 N–H and O–H groups in total. The minimum atomic E-state index is -3.13. The summed E-state index contributed by atoms with van der Waals surface area (Å²) in [5.74, 6) is 6.08. The Morgan fingerprint density at radius 3 is 3.05 bits per heavy atom. The van der Waals surface area contributed by atoms with E-state index in [1.807, 2.05) is 10.3 Å². The molecule has 0 aromatic carbocycles. The molecule has 0 bridgehead atoms. The van der Waals surface area contributed by atoms with E-state index in [-0.39, 0.29) is 5.01 Å². The maximum absolute atomic E-state index is 11.8. The molecule has 112 valence electrons. The molecule has 20 heavy (non-hydrogen) atoms. The number of carbonyl (C=O) groups is 1. The first kappa shape index (κ1) is 15.7. The van der Waals surface area contributed by atoms with Crippen LogP contribution >= 0.6 is 23.1 Å². The number of thiazole rings is 1. The van der Waals surface area contributed by atoms with Crippen LogP contribution in [-0.4, -0.2) is 53.9 Å². The van der Waals surface area contributed by atoms with Crippen LogP contribution in [0.2, 0.25) is 0 Å². The van der Waals surface area contributed by atoms with E-state index >= 15 is 0 Å². The number of nitrogen functional groups attached to an aromatic ring is 1. The third kappa shape index (κ3) is 3.70. The van der Waals surface area contributed by atoms with Crippen LogP contribution in [0.5, 0.6) is 0 Å². The van der Waals surface area contributed by atoms with Gasteiger partial charge >= 0.3 is 0 Å². The highest BCUT2D eigenvalue weighted by molar-refractivity contribution is 8.00. The first-order valence-corrected chi connectivity index (χ1v) is 9.86. The third-order valence-electron chi connectivity index (χ3n) is 2.93. The average Bonchev–Trinajstić information content (AvgIpc) is 2.86. The van der Waals surface area contributed by atoms with Crippen molar-refractivity contribution in [1.29, 1.82) is 0 Å². The summed E-state index contributed by atoms with van der Waals surface area (Å²) in [6.45, 7) is 1.12. The van der Waals surface area contributed by atoms with Crippen LogP contribution in [0.25, 0.3) is 0 Å². The maximum atomic E-state index is 11.8. The molecule has 1 amide bonds. The summed E-state index contributed by atoms with van der Waals surface area (Å²) < 4.78 is 23.6. The van der Waals surface area contributed by atoms with E-state index in [1.54, 1.807) is 17.1 Å². The zero-order chi connectivity index (χ0) is 14.8. The van der Waals surface area contributed by atoms with Crippen molar-refractivity contribution >= 4 is 38.8 Å². The van der Waals surface area contributed by atoms with Crippen molar-refractivity contribution in [3.8, 4) is 0 Å². The van der Waals surface area contributed by atoms with Crippen molar-refractivity contribution in [1.82, 2.24) is 15.3 Å². The smallest absolute Gasteiger partial charge is 0.288 e. The number of sulfone groups is 1. The zero-order valence-electron chi connectivity index (χ0n) is 10.9. The zero-order valence-corrected chi connectivity index (χ0v) is 13.4. The summed E-state index contributed by atoms with van der Waals surface area (Å²) in [5, 5.41) is 1.55. The highest BCUT2D eigenvalue weighted by atomic mass is 32.2. The first-order valence-electron chi connectivity index (χ1n) is 5.88. The fraction of sp³-hybridized carbons (Fsp3) is 0.600. The number of nitrogens with two attached hydrogens (primary N) is 1. The van der Waals surface area contributed by atoms with Gasteiger partial charge in [0.05, 0.1) is 5.69 Å². The number of carbonyl (C=O) groups excluding carboxylic acids is 1. The van der Waals surface area contributed by atoms with Crippen LogP contribution in [-0.2, 0) is 16.4 Å². The first-order chi connectivity index (χ1) is 9.41. The number of nitrogens with one attached hydrogen (secondary N) is 1. The second-order valence-electron chi connectivity index (χ2n) is 4.45. The Bertz CT molecular complexity index is 586. The Kier molecular flexibility index (Phi) is 5.02. The van der Waals surface area contributed by atoms with Gasteiger partial charge in [-0.25, -0.2) is 19.2 Å². The van der Waals surface area contributed by atoms with Crippen LogP contribution in [0.3, 0.4) is 0 Å². The van der Waals surface area contributed by atoms with E-state index in [0.29, 0.717) is 24.5 Å². The molecule has 1 saturated heterocycles. The van der Waals surface area contributed by atoms with Crippen LogP contribution in [0.1, 0.15) is 15.5 Å². The summed E-state index contributed by atoms with van der Waals surface area (Å²) in [4.78, 5) is 17.4. The van der Waals surface area contributed by atoms with Crippen molar-refractivity contribution in [3.05, 3.63) is 16.1 Å². The number of hydrazine groups is 1. The number of nitrogens with zero attached hydrogens (tertiary/aromatic N) is 2. The molecule has 0 radical (unpaired) electrons. The number of hydrogen-bond donors (Lipinski definition) is 2. The van der Waals surface area contributed by atoms with E-state index in [1.165, 1.54) is 17.6 Å². The minimum Gasteiger partial charge on any atom is -0.288 e. The van der Waals surface area contributed by atoms with E-state index < -0.39 is 21.1 Å². The van der Waals surface area contributed by atoms with Gasteiger partial charge in [-0.15, -0.1) is 11.3 Å². The van der Waals surface area contributed by atoms with E-state index in [9.17, 15) is 13.2 Å². The predicted octanol–water partition coefficient (Wildman–Crippen LogP) is -0.334. The van der Waals surface area contributed by atoms with Gasteiger partial charge in [0.15, 0.2) is 14.8 Å². The number of hydrogen-bond acceptors (Lipinski definition) is 8. The SMILES string of the molecule is CS(=O)(=O)C1CSCCN1Cc1csc(C(=O)NN)n1. The molecule has 0 saturated carbocycles. The van der Waals surface area contributed by atoms with Crippen molar-refractivity contribution in [2.24, 2.45) is 5.84 Å². The highest BCUT2D eigenvalue weighted by Crippen LogP contribution is 2.23. The van der Waals surface area contributed by atoms with Gasteiger partial charge in [0.25, 0.3) is 5.91 Å². The normalized spacial score (nSPS) is 20.8. The molecule has 7 nitrogen and oxygen atoms in total. The Labute approximate surface area is 125 Å². The number of amides is 1. The van der Waals surface area contributed by atoms with Gasteiger partial charge in [0.1, 0.15) is 5.37 Å². The maximum Gasteiger partial charge on any atom is 0.294 e. The minimum absolute atomic E-state index is 0.282. The molecule has 1 unspecified atom stereocenters. The molecule has 1 fully saturated rings. The molecule has 1 aromatic heterocycles. The van der Waals surface area contributed by atoms with Gasteiger partial charge in [-0.1, -0.05) is 0 Å². The third-order valence-corrected chi connectivity index (χ3v) is 6.50. The average molecular weight is 336 g/mol. The Balaban J connectivity index is 2.11. The number of thioether (sulfide) groups is 1. The molecule has 1 aliphatic rings. The van der Waals surface area contributed by atoms with E-state index in [2.05, 4.69) is 4.98 Å². The molecule has 1 aromatic rings. The Hall–Kier alpha value is -0.680. The lowest BCUT2D eigenvalue weighted by Gasteiger charge is -2.33. The molecule has 10 heteroatoms. The van der Waals surface area contributed by atoms with Gasteiger partial charge in [-0.05, 0) is 0 Å². The van der Waals surface area contributed by atoms with Crippen LogP contribution < -0.4 is 11.3 Å². The molecular weight excluding hydrogens is 320 g/mol. The van der Waals surface area contributed by atoms with Gasteiger partial charge in [0.2, 0.25) is 0 Å². The van der Waals surface area contributed by atoms with Crippen molar-refractivity contribution < 1.29 is 13.2 Å². The standard InChI is InChI=1S/C10H16N4O3S3/c1-20(16,17)8-6-18-3-2-14(8)4-7-5-19-10(12-7)9(15)13-11/h5,8H,2-4,6,11H2,1H3,(H,13,15). The fourth-order valence-electron chi connectivity index (χ4n) is 1.94. The summed E-state index contributed by atoms with van der Waals surface area (Å²) >= 11 is 2.83. The fourth-order valence-corrected chi connectivity index (χ4v) is 5.60. The summed E-state index contributed by atoms with van der Waals surface area (Å²) in [7, 11) is -3.13. The quantitative estimate of drug-likeness (QED) is 0.440. The highest BCUT2D eigenvalue weighted by Gasteiger charge is 2.31. The van der Waals surface area contributed by atoms with Gasteiger partial charge in [-0.3, -0.25) is 15.1 Å². The van der Waals surface area contributed by atoms with E-state index in [0.717, 1.165) is 5.75 Å². The lowest BCUT2D eigenvalue weighted by molar-refractivity contribution is 0.0953. The van der Waals surface area contributed by atoms with Crippen molar-refractivity contribution in [2.45, 2.75) is 11.9 Å². The molecule has 1 aliphatic heterocycles. The number of rotatable bonds is 4. The van der Waals surface area contributed by atoms with Crippen LogP contribution in [0.15, 0.2) is 5.38 Å². The van der Waals surface area contributed by atoms with Gasteiger partial charge < -0.3 is 0 Å². The Morgan fingerprint density at radius 1 is 1.65 bits per heavy atom. The van der Waals surface area contributed by atoms with Crippen molar-refractivity contribution in [3.63, 3.8) is 0 Å². The van der Waals surface area contributed by atoms with Crippen molar-refractivity contribution in [2.75, 3.05) is 24.3 Å². The topological polar surface area (TPSA) is 105 Å². The predicted molar refractivity (Wildman–Crippen MR) is 80.1 cm³/mol. The van der Waals surface area contributed by atoms with Gasteiger partial charge in [0, 0.05) is 36.2 Å². The summed E-state index contributed by atoms with van der Waals surface area (Å²) in [5.41, 5.74) is 2.72. The van der Waals surface area contributed by atoms with Crippen LogP contribution in [0, 0.1) is 0 Å². The van der Waals surface area contributed by atoms with Gasteiger partial charge in [-0.2, -0.15) is 11.8 Å². The summed E-state index contributed by atoms with van der Waals surface area (Å²) in [6, 6.07) is 0. The second kappa shape index (κ2) is 6.39. The second-order valence-corrected chi connectivity index (χ2v) is 8.66. The molecule has 2 heterocycles. The summed E-state index contributed by atoms with van der Waals surface area (Å²) in [6.07, 6.45) is 1.25. The molecular formula is C10H16N4O3S3. The largest absolute Gasteiger partial charge is 0.294 e. The lowest BCUT2D eigenvalue weighted by Crippen LogP contribution is -2.46.